The summed E-state index contributed by atoms with van der Waals surface area (Å²) in [5.74, 6) is 1.35. The van der Waals surface area contributed by atoms with Gasteiger partial charge in [-0.15, -0.1) is 10.2 Å². The molecule has 0 saturated heterocycles. The van der Waals surface area contributed by atoms with Crippen molar-refractivity contribution in [1.82, 2.24) is 25.3 Å². The summed E-state index contributed by atoms with van der Waals surface area (Å²) < 4.78 is 1.76. The van der Waals surface area contributed by atoms with Gasteiger partial charge in [-0.3, -0.25) is 4.79 Å². The molecule has 2 aromatic heterocycles. The van der Waals surface area contributed by atoms with E-state index in [9.17, 15) is 4.79 Å². The normalized spacial score (nSPS) is 10.6. The van der Waals surface area contributed by atoms with Gasteiger partial charge >= 0.3 is 0 Å². The first-order valence-corrected chi connectivity index (χ1v) is 8.95. The zero-order valence-electron chi connectivity index (χ0n) is 15.9. The van der Waals surface area contributed by atoms with Gasteiger partial charge in [-0.05, 0) is 44.5 Å². The van der Waals surface area contributed by atoms with Crippen LogP contribution >= 0.6 is 0 Å². The molecule has 0 aliphatic carbocycles. The molecular weight excluding hydrogens is 340 g/mol. The monoisotopic (exact) mass is 364 g/mol. The van der Waals surface area contributed by atoms with Crippen molar-refractivity contribution in [3.63, 3.8) is 0 Å². The third-order valence-corrected chi connectivity index (χ3v) is 4.08. The Labute approximate surface area is 158 Å². The molecule has 27 heavy (non-hydrogen) atoms. The molecule has 140 valence electrons. The highest BCUT2D eigenvalue weighted by atomic mass is 16.1. The maximum atomic E-state index is 12.0. The standard InChI is InChI=1S/C20H24N6O/c1-14-5-4-6-17(11-14)13-20(27)22-10-9-21-18-7-8-19(24-23-18)26-16(3)12-15(2)25-26/h4-8,11-12H,9-10,13H2,1-3H3,(H,21,23)(H,22,27). The van der Waals surface area contributed by atoms with Crippen molar-refractivity contribution in [2.24, 2.45) is 0 Å². The zero-order chi connectivity index (χ0) is 19.2. The van der Waals surface area contributed by atoms with Crippen molar-refractivity contribution in [3.05, 3.63) is 65.0 Å². The minimum atomic E-state index is 0.00774. The van der Waals surface area contributed by atoms with Gasteiger partial charge in [0.05, 0.1) is 12.1 Å². The number of rotatable bonds is 7. The van der Waals surface area contributed by atoms with Crippen LogP contribution in [-0.2, 0) is 11.2 Å². The van der Waals surface area contributed by atoms with Gasteiger partial charge in [-0.2, -0.15) is 5.10 Å². The van der Waals surface area contributed by atoms with Gasteiger partial charge in [0.25, 0.3) is 0 Å². The van der Waals surface area contributed by atoms with E-state index in [1.807, 2.05) is 63.2 Å². The van der Waals surface area contributed by atoms with Gasteiger partial charge in [0.1, 0.15) is 5.82 Å². The molecule has 1 aromatic carbocycles. The SMILES string of the molecule is Cc1cccc(CC(=O)NCCNc2ccc(-n3nc(C)cc3C)nn2)c1. The van der Waals surface area contributed by atoms with Gasteiger partial charge in [0.2, 0.25) is 5.91 Å². The number of hydrogen-bond acceptors (Lipinski definition) is 5. The summed E-state index contributed by atoms with van der Waals surface area (Å²) in [6.07, 6.45) is 0.388. The summed E-state index contributed by atoms with van der Waals surface area (Å²) in [6, 6.07) is 13.7. The van der Waals surface area contributed by atoms with Gasteiger partial charge in [-0.25, -0.2) is 4.68 Å². The highest BCUT2D eigenvalue weighted by molar-refractivity contribution is 5.78. The zero-order valence-corrected chi connectivity index (χ0v) is 15.9. The number of carbonyl (C=O) groups excluding carboxylic acids is 1. The molecule has 0 saturated carbocycles. The van der Waals surface area contributed by atoms with Crippen LogP contribution in [0.4, 0.5) is 5.82 Å². The number of nitrogens with one attached hydrogen (secondary N) is 2. The van der Waals surface area contributed by atoms with Gasteiger partial charge in [-0.1, -0.05) is 29.8 Å². The van der Waals surface area contributed by atoms with Crippen molar-refractivity contribution in [2.75, 3.05) is 18.4 Å². The maximum Gasteiger partial charge on any atom is 0.224 e. The summed E-state index contributed by atoms with van der Waals surface area (Å²) in [4.78, 5) is 12.0. The highest BCUT2D eigenvalue weighted by Gasteiger charge is 2.06. The van der Waals surface area contributed by atoms with Crippen LogP contribution in [0.25, 0.3) is 5.82 Å². The first kappa shape index (κ1) is 18.6. The Morgan fingerprint density at radius 2 is 1.89 bits per heavy atom. The van der Waals surface area contributed by atoms with Crippen LogP contribution in [0.15, 0.2) is 42.5 Å². The number of amides is 1. The van der Waals surface area contributed by atoms with E-state index in [-0.39, 0.29) is 5.91 Å². The van der Waals surface area contributed by atoms with Crippen molar-refractivity contribution in [3.8, 4) is 5.82 Å². The lowest BCUT2D eigenvalue weighted by molar-refractivity contribution is -0.120. The number of benzene rings is 1. The number of anilines is 1. The van der Waals surface area contributed by atoms with Crippen LogP contribution in [0.1, 0.15) is 22.5 Å². The van der Waals surface area contributed by atoms with E-state index in [1.54, 1.807) is 4.68 Å². The number of nitrogens with zero attached hydrogens (tertiary/aromatic N) is 4. The molecule has 7 heteroatoms. The van der Waals surface area contributed by atoms with Gasteiger partial charge in [0, 0.05) is 18.8 Å². The summed E-state index contributed by atoms with van der Waals surface area (Å²) in [5, 5.41) is 18.8. The molecule has 0 unspecified atom stereocenters. The fourth-order valence-electron chi connectivity index (χ4n) is 2.86. The van der Waals surface area contributed by atoms with E-state index < -0.39 is 0 Å². The summed E-state index contributed by atoms with van der Waals surface area (Å²) in [5.41, 5.74) is 4.13. The Bertz CT molecular complexity index is 916. The molecule has 2 heterocycles. The van der Waals surface area contributed by atoms with Crippen LogP contribution in [-0.4, -0.2) is 39.0 Å². The quantitative estimate of drug-likeness (QED) is 0.629. The summed E-state index contributed by atoms with van der Waals surface area (Å²) in [7, 11) is 0. The fraction of sp³-hybridized carbons (Fsp3) is 0.300. The molecule has 1 amide bonds. The lowest BCUT2D eigenvalue weighted by atomic mass is 10.1. The molecule has 0 spiro atoms. The predicted octanol–water partition coefficient (Wildman–Crippen LogP) is 2.36. The molecule has 0 aliphatic rings. The molecule has 2 N–H and O–H groups in total. The van der Waals surface area contributed by atoms with E-state index in [4.69, 9.17) is 0 Å². The van der Waals surface area contributed by atoms with Crippen LogP contribution in [0, 0.1) is 20.8 Å². The van der Waals surface area contributed by atoms with E-state index >= 15 is 0 Å². The molecule has 0 atom stereocenters. The van der Waals surface area contributed by atoms with Gasteiger partial charge < -0.3 is 10.6 Å². The Morgan fingerprint density at radius 3 is 2.56 bits per heavy atom. The van der Waals surface area contributed by atoms with E-state index in [1.165, 1.54) is 0 Å². The lowest BCUT2D eigenvalue weighted by Gasteiger charge is -2.08. The van der Waals surface area contributed by atoms with Crippen LogP contribution in [0.5, 0.6) is 0 Å². The topological polar surface area (TPSA) is 84.7 Å². The van der Waals surface area contributed by atoms with E-state index in [2.05, 4.69) is 25.9 Å². The van der Waals surface area contributed by atoms with Crippen LogP contribution < -0.4 is 10.6 Å². The number of hydrogen-bond donors (Lipinski definition) is 2. The second kappa shape index (κ2) is 8.44. The van der Waals surface area contributed by atoms with Gasteiger partial charge in [0.15, 0.2) is 5.82 Å². The average molecular weight is 364 g/mol. The number of carbonyl (C=O) groups is 1. The van der Waals surface area contributed by atoms with E-state index in [0.29, 0.717) is 31.1 Å². The van der Waals surface area contributed by atoms with Crippen molar-refractivity contribution >= 4 is 11.7 Å². The molecule has 7 nitrogen and oxygen atoms in total. The minimum absolute atomic E-state index is 0.00774. The number of aryl methyl sites for hydroxylation is 3. The summed E-state index contributed by atoms with van der Waals surface area (Å²) in [6.45, 7) is 7.04. The molecule has 3 rings (SSSR count). The maximum absolute atomic E-state index is 12.0. The molecule has 0 radical (unpaired) electrons. The Morgan fingerprint density at radius 1 is 1.04 bits per heavy atom. The Kier molecular flexibility index (Phi) is 5.80. The number of aromatic nitrogens is 4. The van der Waals surface area contributed by atoms with Crippen molar-refractivity contribution in [1.29, 1.82) is 0 Å². The minimum Gasteiger partial charge on any atom is -0.367 e. The predicted molar refractivity (Wildman–Crippen MR) is 105 cm³/mol. The van der Waals surface area contributed by atoms with Crippen LogP contribution in [0.2, 0.25) is 0 Å². The first-order chi connectivity index (χ1) is 13.0. The average Bonchev–Trinajstić information content (AvgIpc) is 2.97. The molecule has 3 aromatic rings. The third kappa shape index (κ3) is 5.13. The molecule has 0 fully saturated rings. The fourth-order valence-corrected chi connectivity index (χ4v) is 2.86. The summed E-state index contributed by atoms with van der Waals surface area (Å²) >= 11 is 0. The third-order valence-electron chi connectivity index (χ3n) is 4.08. The lowest BCUT2D eigenvalue weighted by Crippen LogP contribution is -2.30. The van der Waals surface area contributed by atoms with Crippen molar-refractivity contribution < 1.29 is 4.79 Å². The second-order valence-corrected chi connectivity index (χ2v) is 6.56. The molecule has 0 aliphatic heterocycles. The smallest absolute Gasteiger partial charge is 0.224 e. The highest BCUT2D eigenvalue weighted by Crippen LogP contribution is 2.10. The molecule has 0 bridgehead atoms. The van der Waals surface area contributed by atoms with Crippen molar-refractivity contribution in [2.45, 2.75) is 27.2 Å². The molecular formula is C20H24N6O. The largest absolute Gasteiger partial charge is 0.367 e. The van der Waals surface area contributed by atoms with E-state index in [0.717, 1.165) is 22.5 Å². The Hall–Kier alpha value is -3.22. The first-order valence-electron chi connectivity index (χ1n) is 8.95. The second-order valence-electron chi connectivity index (χ2n) is 6.56. The Balaban J connectivity index is 1.44. The van der Waals surface area contributed by atoms with Crippen LogP contribution in [0.3, 0.4) is 0 Å².